The molecule has 2 aromatic rings. The first-order chi connectivity index (χ1) is 10.9. The number of H-pyrrole nitrogens is 1. The van der Waals surface area contributed by atoms with Crippen molar-refractivity contribution in [2.45, 2.75) is 24.5 Å². The summed E-state index contributed by atoms with van der Waals surface area (Å²) in [5.41, 5.74) is 5.26. The molecule has 4 rings (SSSR count). The second kappa shape index (κ2) is 4.97. The third kappa shape index (κ3) is 2.35. The van der Waals surface area contributed by atoms with E-state index in [1.165, 1.54) is 10.9 Å². The van der Waals surface area contributed by atoms with Crippen LogP contribution in [0.5, 0.6) is 0 Å². The van der Waals surface area contributed by atoms with Gasteiger partial charge in [-0.15, -0.1) is 0 Å². The summed E-state index contributed by atoms with van der Waals surface area (Å²) in [7, 11) is 1.99. The highest BCUT2D eigenvalue weighted by molar-refractivity contribution is 7.85. The highest BCUT2D eigenvalue weighted by atomic mass is 31.2. The molecule has 5 N–H and O–H groups in total. The topological polar surface area (TPSA) is 158 Å². The molecule has 2 saturated heterocycles. The zero-order valence-corrected chi connectivity index (χ0v) is 12.5. The standard InChI is InChI=1S/C10H12BN5O6P/c11-23(19)20-1-3-6(22-23)5(17)9(21-3)16-2-13-4-7(16)14-10(12)15-8(4)18/h2-3,5-6,9,17,19H,1H2,(H3,12,14,15,18)/q+1/t3-,5+,6?,9-,23?/m1/s1. The van der Waals surface area contributed by atoms with Crippen LogP contribution in [0.3, 0.4) is 0 Å². The number of nitrogen functional groups attached to an aromatic ring is 1. The molecule has 5 atom stereocenters. The van der Waals surface area contributed by atoms with E-state index in [-0.39, 0.29) is 23.7 Å². The maximum Gasteiger partial charge on any atom is 0.488 e. The number of aliphatic hydroxyl groups excluding tert-OH is 1. The van der Waals surface area contributed by atoms with E-state index in [0.717, 1.165) is 0 Å². The first-order valence-electron chi connectivity index (χ1n) is 6.65. The minimum atomic E-state index is -3.47. The Morgan fingerprint density at radius 3 is 3.13 bits per heavy atom. The van der Waals surface area contributed by atoms with Crippen LogP contribution >= 0.6 is 7.82 Å². The van der Waals surface area contributed by atoms with Crippen LogP contribution in [0.2, 0.25) is 0 Å². The monoisotopic (exact) mass is 340 g/mol. The summed E-state index contributed by atoms with van der Waals surface area (Å²) in [5.74, 6) is -0.0870. The minimum Gasteiger partial charge on any atom is -0.385 e. The Balaban J connectivity index is 1.73. The van der Waals surface area contributed by atoms with E-state index >= 15 is 0 Å². The molecule has 2 unspecified atom stereocenters. The molecule has 2 aliphatic heterocycles. The Bertz CT molecular complexity index is 826. The number of nitrogens with one attached hydrogen (secondary N) is 1. The molecule has 0 spiro atoms. The summed E-state index contributed by atoms with van der Waals surface area (Å²) >= 11 is 0. The van der Waals surface area contributed by atoms with E-state index in [1.807, 2.05) is 0 Å². The molecular weight excluding hydrogens is 328 g/mol. The highest BCUT2D eigenvalue weighted by Crippen LogP contribution is 2.58. The van der Waals surface area contributed by atoms with Crippen LogP contribution in [0.15, 0.2) is 11.1 Å². The van der Waals surface area contributed by atoms with Crippen molar-refractivity contribution in [3.05, 3.63) is 16.7 Å². The number of hydrogen-bond acceptors (Lipinski definition) is 9. The number of rotatable bonds is 1. The first-order valence-corrected chi connectivity index (χ1v) is 8.29. The Labute approximate surface area is 130 Å². The van der Waals surface area contributed by atoms with Crippen molar-refractivity contribution < 1.29 is 23.8 Å². The molecular formula is C10H12BN5O6P+. The van der Waals surface area contributed by atoms with Gasteiger partial charge in [0.25, 0.3) is 5.56 Å². The maximum atomic E-state index is 11.8. The Kier molecular flexibility index (Phi) is 3.24. The normalized spacial score (nSPS) is 37.1. The molecule has 2 aromatic heterocycles. The zero-order valence-electron chi connectivity index (χ0n) is 11.6. The van der Waals surface area contributed by atoms with Crippen molar-refractivity contribution in [1.29, 1.82) is 0 Å². The molecule has 0 bridgehead atoms. The van der Waals surface area contributed by atoms with Gasteiger partial charge in [0, 0.05) is 0 Å². The average molecular weight is 340 g/mol. The Hall–Kier alpha value is -1.56. The van der Waals surface area contributed by atoms with Crippen LogP contribution in [0.4, 0.5) is 5.95 Å². The predicted octanol–water partition coefficient (Wildman–Crippen LogP) is -1.79. The van der Waals surface area contributed by atoms with Gasteiger partial charge >= 0.3 is 15.4 Å². The molecule has 0 aromatic carbocycles. The van der Waals surface area contributed by atoms with Gasteiger partial charge in [-0.05, 0) is 0 Å². The second-order valence-electron chi connectivity index (χ2n) is 5.26. The van der Waals surface area contributed by atoms with Crippen molar-refractivity contribution in [2.24, 2.45) is 0 Å². The summed E-state index contributed by atoms with van der Waals surface area (Å²) in [5, 5.41) is 10.4. The predicted molar refractivity (Wildman–Crippen MR) is 78.2 cm³/mol. The molecule has 120 valence electrons. The van der Waals surface area contributed by atoms with E-state index in [2.05, 4.69) is 15.0 Å². The first kappa shape index (κ1) is 15.0. The van der Waals surface area contributed by atoms with Gasteiger partial charge in [-0.3, -0.25) is 14.3 Å². The molecule has 2 radical (unpaired) electrons. The van der Waals surface area contributed by atoms with Crippen LogP contribution in [-0.2, 0) is 13.8 Å². The third-order valence-electron chi connectivity index (χ3n) is 3.73. The van der Waals surface area contributed by atoms with Crippen molar-refractivity contribution in [3.63, 3.8) is 0 Å². The lowest BCUT2D eigenvalue weighted by molar-refractivity contribution is -0.0603. The van der Waals surface area contributed by atoms with Crippen molar-refractivity contribution in [1.82, 2.24) is 19.5 Å². The van der Waals surface area contributed by atoms with Gasteiger partial charge in [0.1, 0.15) is 18.8 Å². The molecule has 0 amide bonds. The lowest BCUT2D eigenvalue weighted by Crippen LogP contribution is -2.40. The van der Waals surface area contributed by atoms with Gasteiger partial charge in [-0.1, -0.05) is 0 Å². The van der Waals surface area contributed by atoms with E-state index in [9.17, 15) is 14.8 Å². The quantitative estimate of drug-likeness (QED) is 0.348. The molecule has 0 saturated carbocycles. The minimum absolute atomic E-state index is 0.0260. The SMILES string of the molecule is [B][P+]1(O)OC[C@H]2O[C@@H](n3cnc4c(=O)[nH]c(N)nc43)[C@@H](O)C2O1. The molecule has 11 nitrogen and oxygen atoms in total. The summed E-state index contributed by atoms with van der Waals surface area (Å²) in [6.07, 6.45) is -2.30. The maximum absolute atomic E-state index is 11.8. The second-order valence-corrected chi connectivity index (χ2v) is 6.86. The zero-order chi connectivity index (χ0) is 16.4. The summed E-state index contributed by atoms with van der Waals surface area (Å²) < 4.78 is 17.2. The molecule has 23 heavy (non-hydrogen) atoms. The van der Waals surface area contributed by atoms with Crippen LogP contribution in [0.1, 0.15) is 6.23 Å². The van der Waals surface area contributed by atoms with Gasteiger partial charge in [0.15, 0.2) is 23.5 Å². The van der Waals surface area contributed by atoms with Gasteiger partial charge in [0.2, 0.25) is 5.95 Å². The summed E-state index contributed by atoms with van der Waals surface area (Å²) in [4.78, 5) is 31.8. The lowest BCUT2D eigenvalue weighted by Gasteiger charge is -2.27. The fourth-order valence-corrected chi connectivity index (χ4v) is 3.76. The van der Waals surface area contributed by atoms with Gasteiger partial charge in [0.05, 0.1) is 6.33 Å². The Morgan fingerprint density at radius 1 is 1.57 bits per heavy atom. The number of fused-ring (bicyclic) bond motifs is 2. The molecule has 13 heteroatoms. The van der Waals surface area contributed by atoms with E-state index in [4.69, 9.17) is 27.1 Å². The number of imidazole rings is 1. The molecule has 0 aliphatic carbocycles. The number of nitrogens with two attached hydrogens (primary N) is 1. The number of anilines is 1. The van der Waals surface area contributed by atoms with Crippen molar-refractivity contribution >= 4 is 32.5 Å². The number of aromatic nitrogens is 4. The van der Waals surface area contributed by atoms with Crippen LogP contribution in [0.25, 0.3) is 11.2 Å². The molecule has 2 aliphatic rings. The smallest absolute Gasteiger partial charge is 0.385 e. The van der Waals surface area contributed by atoms with Crippen molar-refractivity contribution in [3.8, 4) is 0 Å². The van der Waals surface area contributed by atoms with Gasteiger partial charge in [-0.25, -0.2) is 9.88 Å². The number of nitrogens with zero attached hydrogens (tertiary/aromatic N) is 3. The average Bonchev–Trinajstić information content (AvgIpc) is 3.00. The van der Waals surface area contributed by atoms with Gasteiger partial charge < -0.3 is 15.6 Å². The van der Waals surface area contributed by atoms with Crippen LogP contribution in [0, 0.1) is 0 Å². The molecule has 4 heterocycles. The summed E-state index contributed by atoms with van der Waals surface area (Å²) in [6.45, 7) is -0.0260. The van der Waals surface area contributed by atoms with E-state index in [1.54, 1.807) is 0 Å². The Morgan fingerprint density at radius 2 is 2.35 bits per heavy atom. The van der Waals surface area contributed by atoms with Crippen molar-refractivity contribution in [2.75, 3.05) is 12.3 Å². The fraction of sp³-hybridized carbons (Fsp3) is 0.500. The fourth-order valence-electron chi connectivity index (χ4n) is 2.73. The highest BCUT2D eigenvalue weighted by Gasteiger charge is 2.56. The third-order valence-corrected chi connectivity index (χ3v) is 4.80. The van der Waals surface area contributed by atoms with E-state index in [0.29, 0.717) is 0 Å². The molecule has 2 fully saturated rings. The van der Waals surface area contributed by atoms with Gasteiger partial charge in [-0.2, -0.15) is 14.0 Å². The van der Waals surface area contributed by atoms with Crippen LogP contribution < -0.4 is 11.3 Å². The summed E-state index contributed by atoms with van der Waals surface area (Å²) in [6, 6.07) is 0. The number of aliphatic hydroxyl groups is 1. The number of ether oxygens (including phenoxy) is 1. The number of hydrogen-bond donors (Lipinski definition) is 4. The largest absolute Gasteiger partial charge is 0.488 e. The number of aromatic amines is 1. The lowest BCUT2D eigenvalue weighted by atomic mass is 10.1. The van der Waals surface area contributed by atoms with Crippen LogP contribution in [-0.4, -0.2) is 62.0 Å². The van der Waals surface area contributed by atoms with E-state index < -0.39 is 37.9 Å².